The van der Waals surface area contributed by atoms with Gasteiger partial charge in [0.15, 0.2) is 0 Å². The molecule has 0 saturated heterocycles. The largest absolute Gasteiger partial charge is 0.419 e. The molecule has 0 bridgehead atoms. The molecule has 3 N–H and O–H groups in total. The van der Waals surface area contributed by atoms with Crippen molar-refractivity contribution >= 4 is 13.7 Å². The molecule has 0 saturated carbocycles. The van der Waals surface area contributed by atoms with Crippen molar-refractivity contribution < 1.29 is 19.5 Å². The molecular formula is C26H22O4P+. The number of rotatable bonds is 6. The number of Topliss-reactive ketones (excluding diaryl/α,β-unsaturated/α-hetero) is 1. The van der Waals surface area contributed by atoms with Gasteiger partial charge < -0.3 is 0 Å². The molecule has 4 nitrogen and oxygen atoms in total. The van der Waals surface area contributed by atoms with E-state index in [9.17, 15) is 19.5 Å². The fourth-order valence-electron chi connectivity index (χ4n) is 3.82. The van der Waals surface area contributed by atoms with E-state index in [1.165, 1.54) is 0 Å². The number of benzene rings is 4. The lowest BCUT2D eigenvalue weighted by molar-refractivity contribution is 0.0974. The molecule has 0 radical (unpaired) electrons. The van der Waals surface area contributed by atoms with E-state index >= 15 is 0 Å². The van der Waals surface area contributed by atoms with Crippen LogP contribution in [0.15, 0.2) is 109 Å². The van der Waals surface area contributed by atoms with Crippen LogP contribution in [-0.2, 0) is 0 Å². The van der Waals surface area contributed by atoms with Gasteiger partial charge in [0.05, 0.1) is 0 Å². The third-order valence-corrected chi connectivity index (χ3v) is 6.41. The molecule has 0 aliphatic carbocycles. The second-order valence-corrected chi connectivity index (χ2v) is 9.00. The number of hydrogen-bond acceptors (Lipinski definition) is 4. The van der Waals surface area contributed by atoms with E-state index in [-0.39, 0.29) is 0 Å². The molecule has 4 aromatic rings. The topological polar surface area (TPSA) is 77.8 Å². The van der Waals surface area contributed by atoms with E-state index in [2.05, 4.69) is 0 Å². The fraction of sp³-hybridized carbons (Fsp3) is 0.0385. The highest BCUT2D eigenvalue weighted by molar-refractivity contribution is 7.60. The van der Waals surface area contributed by atoms with Gasteiger partial charge in [0.1, 0.15) is 0 Å². The van der Waals surface area contributed by atoms with Crippen molar-refractivity contribution in [3.63, 3.8) is 0 Å². The monoisotopic (exact) mass is 429 g/mol. The average Bonchev–Trinajstić information content (AvgIpc) is 2.79. The van der Waals surface area contributed by atoms with Crippen LogP contribution in [0.4, 0.5) is 0 Å². The van der Waals surface area contributed by atoms with Gasteiger partial charge in [-0.05, 0) is 16.7 Å². The van der Waals surface area contributed by atoms with Gasteiger partial charge in [0.25, 0.3) is 0 Å². The van der Waals surface area contributed by atoms with Crippen LogP contribution in [0.25, 0.3) is 22.3 Å². The Kier molecular flexibility index (Phi) is 6.08. The van der Waals surface area contributed by atoms with E-state index in [0.717, 1.165) is 16.7 Å². The van der Waals surface area contributed by atoms with Gasteiger partial charge in [-0.3, -0.25) is 4.79 Å². The summed E-state index contributed by atoms with van der Waals surface area (Å²) in [6.45, 7) is 0. The molecule has 1 atom stereocenters. The van der Waals surface area contributed by atoms with Gasteiger partial charge in [0.2, 0.25) is 11.4 Å². The van der Waals surface area contributed by atoms with Crippen molar-refractivity contribution in [3.8, 4) is 22.3 Å². The highest BCUT2D eigenvalue weighted by Crippen LogP contribution is 2.60. The Hall–Kier alpha value is -3.14. The lowest BCUT2D eigenvalue weighted by atomic mass is 9.87. The summed E-state index contributed by atoms with van der Waals surface area (Å²) in [5.41, 5.74) is 2.53. The first-order valence-corrected chi connectivity index (χ1v) is 11.6. The fourth-order valence-corrected chi connectivity index (χ4v) is 4.85. The van der Waals surface area contributed by atoms with Crippen molar-refractivity contribution in [1.29, 1.82) is 0 Å². The van der Waals surface area contributed by atoms with Gasteiger partial charge >= 0.3 is 7.94 Å². The second-order valence-electron chi connectivity index (χ2n) is 7.25. The van der Waals surface area contributed by atoms with Crippen LogP contribution in [0.2, 0.25) is 0 Å². The van der Waals surface area contributed by atoms with Crippen LogP contribution in [0.3, 0.4) is 0 Å². The van der Waals surface area contributed by atoms with E-state index in [1.807, 2.05) is 66.7 Å². The summed E-state index contributed by atoms with van der Waals surface area (Å²) in [5, 5.41) is 0. The lowest BCUT2D eigenvalue weighted by Crippen LogP contribution is -2.17. The number of ketones is 1. The number of carbonyl (C=O) groups is 1. The lowest BCUT2D eigenvalue weighted by Gasteiger charge is -2.20. The van der Waals surface area contributed by atoms with Crippen molar-refractivity contribution in [2.45, 2.75) is 5.66 Å². The van der Waals surface area contributed by atoms with Crippen molar-refractivity contribution in [3.05, 3.63) is 120 Å². The average molecular weight is 429 g/mol. The predicted molar refractivity (Wildman–Crippen MR) is 124 cm³/mol. The SMILES string of the molecule is O=C(c1cccc(-c2ccccc2)c1-c1ccccc1)C(c1ccccc1)[P+](O)(O)O. The maximum atomic E-state index is 13.7. The zero-order valence-corrected chi connectivity index (χ0v) is 17.6. The third-order valence-electron chi connectivity index (χ3n) is 5.19. The number of hydrogen-bond donors (Lipinski definition) is 3. The first-order valence-electron chi connectivity index (χ1n) is 9.87. The third kappa shape index (κ3) is 4.48. The van der Waals surface area contributed by atoms with Gasteiger partial charge in [-0.25, -0.2) is 0 Å². The van der Waals surface area contributed by atoms with Crippen LogP contribution in [0.5, 0.6) is 0 Å². The maximum Gasteiger partial charge on any atom is 0.419 e. The summed E-state index contributed by atoms with van der Waals surface area (Å²) >= 11 is 0. The number of carbonyl (C=O) groups excluding carboxylic acids is 1. The quantitative estimate of drug-likeness (QED) is 0.272. The molecular weight excluding hydrogens is 407 g/mol. The molecule has 0 fully saturated rings. The second kappa shape index (κ2) is 8.93. The maximum absolute atomic E-state index is 13.7. The zero-order valence-electron chi connectivity index (χ0n) is 16.7. The van der Waals surface area contributed by atoms with Crippen LogP contribution < -0.4 is 0 Å². The normalized spacial score (nSPS) is 12.4. The van der Waals surface area contributed by atoms with Crippen LogP contribution >= 0.6 is 7.94 Å². The van der Waals surface area contributed by atoms with Crippen LogP contribution in [0.1, 0.15) is 21.6 Å². The molecule has 1 unspecified atom stereocenters. The van der Waals surface area contributed by atoms with Crippen LogP contribution in [0, 0.1) is 0 Å². The molecule has 5 heteroatoms. The van der Waals surface area contributed by atoms with Gasteiger partial charge in [-0.1, -0.05) is 109 Å². The summed E-state index contributed by atoms with van der Waals surface area (Å²) in [6.07, 6.45) is 0. The molecule has 154 valence electrons. The first-order chi connectivity index (χ1) is 15.0. The Labute approximate surface area is 181 Å². The van der Waals surface area contributed by atoms with Gasteiger partial charge in [-0.2, -0.15) is 14.7 Å². The molecule has 0 aromatic heterocycles. The van der Waals surface area contributed by atoms with E-state index < -0.39 is 19.4 Å². The molecule has 4 aromatic carbocycles. The Bertz CT molecular complexity index is 1170. The Morgan fingerprint density at radius 2 is 1.13 bits per heavy atom. The highest BCUT2D eigenvalue weighted by Gasteiger charge is 2.50. The van der Waals surface area contributed by atoms with E-state index in [0.29, 0.717) is 16.7 Å². The predicted octanol–water partition coefficient (Wildman–Crippen LogP) is 5.68. The summed E-state index contributed by atoms with van der Waals surface area (Å²) < 4.78 is 0. The van der Waals surface area contributed by atoms with E-state index in [1.54, 1.807) is 42.5 Å². The summed E-state index contributed by atoms with van der Waals surface area (Å²) in [5.74, 6) is -0.538. The minimum absolute atomic E-state index is 0.322. The van der Waals surface area contributed by atoms with Crippen molar-refractivity contribution in [2.75, 3.05) is 0 Å². The Morgan fingerprint density at radius 3 is 1.68 bits per heavy atom. The Balaban J connectivity index is 1.95. The van der Waals surface area contributed by atoms with E-state index in [4.69, 9.17) is 0 Å². The smallest absolute Gasteiger partial charge is 0.289 e. The van der Waals surface area contributed by atoms with Crippen molar-refractivity contribution in [2.24, 2.45) is 0 Å². The molecule has 0 amide bonds. The summed E-state index contributed by atoms with van der Waals surface area (Å²) in [7, 11) is -4.52. The minimum Gasteiger partial charge on any atom is -0.289 e. The molecule has 4 rings (SSSR count). The highest BCUT2D eigenvalue weighted by atomic mass is 31.2. The summed E-state index contributed by atoms with van der Waals surface area (Å²) in [4.78, 5) is 44.4. The summed E-state index contributed by atoms with van der Waals surface area (Å²) in [6, 6.07) is 33.0. The first kappa shape index (κ1) is 21.1. The van der Waals surface area contributed by atoms with Crippen molar-refractivity contribution in [1.82, 2.24) is 0 Å². The molecule has 0 aliphatic rings. The molecule has 31 heavy (non-hydrogen) atoms. The standard InChI is InChI=1S/C26H22O4P/c27-25(26(31(28,29)30)21-15-8-3-9-16-21)23-18-10-17-22(19-11-4-1-5-12-19)24(23)20-13-6-2-7-14-20/h1-18,26,28-30H/q+1. The molecule has 0 heterocycles. The van der Waals surface area contributed by atoms with Gasteiger partial charge in [0, 0.05) is 16.7 Å². The zero-order chi connectivity index (χ0) is 21.8. The van der Waals surface area contributed by atoms with Crippen LogP contribution in [-0.4, -0.2) is 20.5 Å². The molecule has 0 spiro atoms. The minimum atomic E-state index is -4.52. The Morgan fingerprint density at radius 1 is 0.613 bits per heavy atom. The molecule has 0 aliphatic heterocycles. The van der Waals surface area contributed by atoms with Gasteiger partial charge in [-0.15, -0.1) is 0 Å².